The molecule has 0 saturated carbocycles. The molecule has 0 bridgehead atoms. The molecule has 4 nitrogen and oxygen atoms in total. The number of rotatable bonds is 5. The maximum Gasteiger partial charge on any atom is 0.238 e. The summed E-state index contributed by atoms with van der Waals surface area (Å²) >= 11 is 0. The van der Waals surface area contributed by atoms with E-state index in [-0.39, 0.29) is 12.5 Å². The van der Waals surface area contributed by atoms with Gasteiger partial charge in [-0.2, -0.15) is 5.26 Å². The van der Waals surface area contributed by atoms with Gasteiger partial charge in [0, 0.05) is 12.2 Å². The molecule has 4 heteroatoms. The van der Waals surface area contributed by atoms with Crippen molar-refractivity contribution in [2.45, 2.75) is 6.54 Å². The summed E-state index contributed by atoms with van der Waals surface area (Å²) in [6.45, 7) is 0.836. The number of para-hydroxylation sites is 1. The van der Waals surface area contributed by atoms with Crippen molar-refractivity contribution in [2.75, 3.05) is 11.9 Å². The molecule has 2 aromatic carbocycles. The minimum atomic E-state index is -0.0788. The number of hydrogen-bond donors (Lipinski definition) is 2. The summed E-state index contributed by atoms with van der Waals surface area (Å²) in [5.74, 6) is -0.0788. The van der Waals surface area contributed by atoms with Crippen LogP contribution in [0.3, 0.4) is 0 Å². The van der Waals surface area contributed by atoms with Crippen molar-refractivity contribution in [3.05, 3.63) is 65.7 Å². The second-order valence-corrected chi connectivity index (χ2v) is 4.33. The third-order valence-electron chi connectivity index (χ3n) is 2.76. The molecule has 20 heavy (non-hydrogen) atoms. The van der Waals surface area contributed by atoms with Crippen LogP contribution in [0.2, 0.25) is 0 Å². The van der Waals surface area contributed by atoms with Gasteiger partial charge >= 0.3 is 0 Å². The van der Waals surface area contributed by atoms with Gasteiger partial charge < -0.3 is 10.6 Å². The standard InChI is InChI=1S/C16H15N3O/c17-10-13-6-8-14(9-7-13)11-18-12-16(20)19-15-4-2-1-3-5-15/h1-9,18H,11-12H2,(H,19,20). The predicted octanol–water partition coefficient (Wildman–Crippen LogP) is 2.29. The van der Waals surface area contributed by atoms with Gasteiger partial charge in [0.25, 0.3) is 0 Å². The molecule has 0 aliphatic heterocycles. The summed E-state index contributed by atoms with van der Waals surface area (Å²) in [6.07, 6.45) is 0. The van der Waals surface area contributed by atoms with Crippen LogP contribution in [-0.2, 0) is 11.3 Å². The Morgan fingerprint density at radius 3 is 2.40 bits per heavy atom. The molecule has 0 saturated heterocycles. The first kappa shape index (κ1) is 13.8. The van der Waals surface area contributed by atoms with E-state index in [1.165, 1.54) is 0 Å². The summed E-state index contributed by atoms with van der Waals surface area (Å²) < 4.78 is 0. The van der Waals surface area contributed by atoms with Crippen LogP contribution in [0.15, 0.2) is 54.6 Å². The first-order valence-electron chi connectivity index (χ1n) is 6.32. The number of benzene rings is 2. The number of nitrogens with one attached hydrogen (secondary N) is 2. The van der Waals surface area contributed by atoms with Gasteiger partial charge in [-0.1, -0.05) is 30.3 Å². The average Bonchev–Trinajstić information content (AvgIpc) is 2.49. The highest BCUT2D eigenvalue weighted by atomic mass is 16.1. The van der Waals surface area contributed by atoms with Crippen LogP contribution in [-0.4, -0.2) is 12.5 Å². The van der Waals surface area contributed by atoms with Gasteiger partial charge in [-0.15, -0.1) is 0 Å². The van der Waals surface area contributed by atoms with Gasteiger partial charge in [-0.05, 0) is 29.8 Å². The zero-order valence-corrected chi connectivity index (χ0v) is 11.0. The third kappa shape index (κ3) is 4.23. The lowest BCUT2D eigenvalue weighted by molar-refractivity contribution is -0.115. The number of nitriles is 1. The van der Waals surface area contributed by atoms with Crippen LogP contribution in [0.4, 0.5) is 5.69 Å². The first-order valence-corrected chi connectivity index (χ1v) is 6.32. The number of carbonyl (C=O) groups excluding carboxylic acids is 1. The fourth-order valence-corrected chi connectivity index (χ4v) is 1.74. The molecule has 0 radical (unpaired) electrons. The summed E-state index contributed by atoms with van der Waals surface area (Å²) in [7, 11) is 0. The van der Waals surface area contributed by atoms with Crippen molar-refractivity contribution in [2.24, 2.45) is 0 Å². The number of carbonyl (C=O) groups is 1. The molecule has 0 aliphatic rings. The highest BCUT2D eigenvalue weighted by molar-refractivity contribution is 5.92. The Kier molecular flexibility index (Phi) is 4.87. The fourth-order valence-electron chi connectivity index (χ4n) is 1.74. The number of anilines is 1. The van der Waals surface area contributed by atoms with Crippen molar-refractivity contribution in [3.8, 4) is 6.07 Å². The number of hydrogen-bond acceptors (Lipinski definition) is 3. The molecular formula is C16H15N3O. The van der Waals surface area contributed by atoms with Gasteiger partial charge in [0.1, 0.15) is 0 Å². The molecular weight excluding hydrogens is 250 g/mol. The van der Waals surface area contributed by atoms with Gasteiger partial charge in [0.2, 0.25) is 5.91 Å². The van der Waals surface area contributed by atoms with Gasteiger partial charge in [-0.3, -0.25) is 4.79 Å². The molecule has 0 heterocycles. The molecule has 0 unspecified atom stereocenters. The molecule has 0 spiro atoms. The van der Waals surface area contributed by atoms with Crippen LogP contribution < -0.4 is 10.6 Å². The fraction of sp³-hybridized carbons (Fsp3) is 0.125. The largest absolute Gasteiger partial charge is 0.325 e. The minimum absolute atomic E-state index is 0.0788. The predicted molar refractivity (Wildman–Crippen MR) is 77.9 cm³/mol. The van der Waals surface area contributed by atoms with E-state index in [1.54, 1.807) is 12.1 Å². The topological polar surface area (TPSA) is 64.9 Å². The van der Waals surface area contributed by atoms with E-state index in [2.05, 4.69) is 16.7 Å². The van der Waals surface area contributed by atoms with Crippen LogP contribution in [0.1, 0.15) is 11.1 Å². The van der Waals surface area contributed by atoms with E-state index in [0.717, 1.165) is 11.3 Å². The van der Waals surface area contributed by atoms with E-state index >= 15 is 0 Å². The van der Waals surface area contributed by atoms with E-state index in [9.17, 15) is 4.79 Å². The lowest BCUT2D eigenvalue weighted by Crippen LogP contribution is -2.27. The first-order chi connectivity index (χ1) is 9.78. The Balaban J connectivity index is 1.75. The van der Waals surface area contributed by atoms with Crippen molar-refractivity contribution < 1.29 is 4.79 Å². The lowest BCUT2D eigenvalue weighted by atomic mass is 10.1. The highest BCUT2D eigenvalue weighted by Crippen LogP contribution is 2.05. The highest BCUT2D eigenvalue weighted by Gasteiger charge is 2.01. The molecule has 0 aliphatic carbocycles. The molecule has 0 fully saturated rings. The monoisotopic (exact) mass is 265 g/mol. The maximum absolute atomic E-state index is 11.7. The number of amides is 1. The Morgan fingerprint density at radius 2 is 1.75 bits per heavy atom. The van der Waals surface area contributed by atoms with Crippen LogP contribution in [0.25, 0.3) is 0 Å². The van der Waals surface area contributed by atoms with E-state index < -0.39 is 0 Å². The SMILES string of the molecule is N#Cc1ccc(CNCC(=O)Nc2ccccc2)cc1. The summed E-state index contributed by atoms with van der Waals surface area (Å²) in [4.78, 5) is 11.7. The van der Waals surface area contributed by atoms with Gasteiger partial charge in [0.05, 0.1) is 18.2 Å². The van der Waals surface area contributed by atoms with Crippen molar-refractivity contribution in [1.29, 1.82) is 5.26 Å². The molecule has 2 aromatic rings. The van der Waals surface area contributed by atoms with Crippen LogP contribution in [0.5, 0.6) is 0 Å². The van der Waals surface area contributed by atoms with Crippen LogP contribution >= 0.6 is 0 Å². The second kappa shape index (κ2) is 7.07. The quantitative estimate of drug-likeness (QED) is 0.871. The number of nitrogens with zero attached hydrogens (tertiary/aromatic N) is 1. The zero-order chi connectivity index (χ0) is 14.2. The second-order valence-electron chi connectivity index (χ2n) is 4.33. The van der Waals surface area contributed by atoms with Crippen molar-refractivity contribution in [3.63, 3.8) is 0 Å². The summed E-state index contributed by atoms with van der Waals surface area (Å²) in [5, 5.41) is 14.6. The normalized spacial score (nSPS) is 9.75. The van der Waals surface area contributed by atoms with Crippen molar-refractivity contribution >= 4 is 11.6 Å². The van der Waals surface area contributed by atoms with Crippen LogP contribution in [0, 0.1) is 11.3 Å². The average molecular weight is 265 g/mol. The molecule has 100 valence electrons. The Bertz CT molecular complexity index is 600. The molecule has 2 rings (SSSR count). The smallest absolute Gasteiger partial charge is 0.238 e. The van der Waals surface area contributed by atoms with Gasteiger partial charge in [0.15, 0.2) is 0 Å². The molecule has 0 atom stereocenters. The zero-order valence-electron chi connectivity index (χ0n) is 11.0. The molecule has 2 N–H and O–H groups in total. The van der Waals surface area contributed by atoms with E-state index in [1.807, 2.05) is 42.5 Å². The lowest BCUT2D eigenvalue weighted by Gasteiger charge is -2.06. The Labute approximate surface area is 118 Å². The minimum Gasteiger partial charge on any atom is -0.325 e. The summed E-state index contributed by atoms with van der Waals surface area (Å²) in [6, 6.07) is 18.7. The Morgan fingerprint density at radius 1 is 1.05 bits per heavy atom. The van der Waals surface area contributed by atoms with E-state index in [4.69, 9.17) is 5.26 Å². The maximum atomic E-state index is 11.7. The Hall–Kier alpha value is -2.64. The van der Waals surface area contributed by atoms with Crippen molar-refractivity contribution in [1.82, 2.24) is 5.32 Å². The third-order valence-corrected chi connectivity index (χ3v) is 2.76. The van der Waals surface area contributed by atoms with E-state index in [0.29, 0.717) is 12.1 Å². The molecule has 1 amide bonds. The van der Waals surface area contributed by atoms with Gasteiger partial charge in [-0.25, -0.2) is 0 Å². The summed E-state index contributed by atoms with van der Waals surface area (Å²) in [5.41, 5.74) is 2.46. The molecule has 0 aromatic heterocycles.